The number of nitrogens with one attached hydrogen (secondary N) is 1. The number of halogens is 1. The van der Waals surface area contributed by atoms with Gasteiger partial charge in [-0.2, -0.15) is 0 Å². The van der Waals surface area contributed by atoms with Gasteiger partial charge in [0.25, 0.3) is 0 Å². The number of carbonyl (C=O) groups excluding carboxylic acids is 1. The summed E-state index contributed by atoms with van der Waals surface area (Å²) in [6.07, 6.45) is 0. The van der Waals surface area contributed by atoms with E-state index in [2.05, 4.69) is 21.2 Å². The predicted octanol–water partition coefficient (Wildman–Crippen LogP) is 5.84. The van der Waals surface area contributed by atoms with Crippen LogP contribution >= 0.6 is 15.9 Å². The smallest absolute Gasteiger partial charge is 0.321 e. The topological polar surface area (TPSA) is 50.8 Å². The molecule has 0 aliphatic heterocycles. The van der Waals surface area contributed by atoms with Crippen LogP contribution in [0.15, 0.2) is 77.3 Å². The van der Waals surface area contributed by atoms with E-state index in [1.54, 1.807) is 19.1 Å². The maximum atomic E-state index is 12.5. The molecule has 6 heteroatoms. The molecule has 1 N–H and O–H groups in total. The molecule has 3 aromatic rings. The van der Waals surface area contributed by atoms with E-state index in [0.717, 1.165) is 32.6 Å². The first-order valence-electron chi connectivity index (χ1n) is 9.59. The molecule has 0 saturated heterocycles. The maximum Gasteiger partial charge on any atom is 0.321 e. The Kier molecular flexibility index (Phi) is 7.88. The normalized spacial score (nSPS) is 10.5. The lowest BCUT2D eigenvalue weighted by molar-refractivity contribution is 0.107. The fraction of sp³-hybridized carbons (Fsp3) is 0.208. The van der Waals surface area contributed by atoms with E-state index in [0.29, 0.717) is 19.8 Å². The third kappa shape index (κ3) is 6.61. The summed E-state index contributed by atoms with van der Waals surface area (Å²) < 4.78 is 12.0. The Morgan fingerprint density at radius 2 is 1.60 bits per heavy atom. The molecule has 0 radical (unpaired) electrons. The number of carbonyl (C=O) groups is 1. The summed E-state index contributed by atoms with van der Waals surface area (Å²) >= 11 is 3.42. The second kappa shape index (κ2) is 10.8. The van der Waals surface area contributed by atoms with Crippen molar-refractivity contribution in [1.29, 1.82) is 0 Å². The molecule has 0 fully saturated rings. The summed E-state index contributed by atoms with van der Waals surface area (Å²) in [5.41, 5.74) is 3.89. The van der Waals surface area contributed by atoms with Gasteiger partial charge in [-0.15, -0.1) is 0 Å². The minimum Gasteiger partial charge on any atom is -0.497 e. The first-order valence-corrected chi connectivity index (χ1v) is 10.4. The number of benzene rings is 3. The van der Waals surface area contributed by atoms with E-state index in [4.69, 9.17) is 9.47 Å². The van der Waals surface area contributed by atoms with Crippen LogP contribution in [0.3, 0.4) is 0 Å². The number of urea groups is 1. The zero-order valence-electron chi connectivity index (χ0n) is 17.1. The Bertz CT molecular complexity index is 959. The van der Waals surface area contributed by atoms with Crippen LogP contribution in [0.5, 0.6) is 5.75 Å². The van der Waals surface area contributed by atoms with Crippen LogP contribution in [0.4, 0.5) is 10.5 Å². The highest BCUT2D eigenvalue weighted by Gasteiger charge is 2.10. The van der Waals surface area contributed by atoms with Crippen LogP contribution < -0.4 is 10.1 Å². The standard InChI is InChI=1S/C24H25BrN2O3/c1-27(15-18-6-10-21(25)11-7-18)24(28)26-22-5-3-4-20(14-22)17-30-16-19-8-12-23(29-2)13-9-19/h3-14H,15-17H2,1-2H3,(H,26,28). The van der Waals surface area contributed by atoms with Crippen LogP contribution in [0, 0.1) is 0 Å². The Labute approximate surface area is 185 Å². The number of nitrogens with zero attached hydrogens (tertiary/aromatic N) is 1. The Morgan fingerprint density at radius 3 is 2.30 bits per heavy atom. The number of rotatable bonds is 8. The highest BCUT2D eigenvalue weighted by Crippen LogP contribution is 2.16. The number of methoxy groups -OCH3 is 1. The van der Waals surface area contributed by atoms with Crippen molar-refractivity contribution in [2.75, 3.05) is 19.5 Å². The lowest BCUT2D eigenvalue weighted by Crippen LogP contribution is -2.30. The van der Waals surface area contributed by atoms with Crippen molar-refractivity contribution in [2.24, 2.45) is 0 Å². The molecule has 0 aromatic heterocycles. The fourth-order valence-corrected chi connectivity index (χ4v) is 3.17. The van der Waals surface area contributed by atoms with Crippen molar-refractivity contribution in [1.82, 2.24) is 4.90 Å². The van der Waals surface area contributed by atoms with E-state index in [-0.39, 0.29) is 6.03 Å². The molecule has 0 aliphatic rings. The lowest BCUT2D eigenvalue weighted by Gasteiger charge is -2.18. The van der Waals surface area contributed by atoms with Crippen molar-refractivity contribution in [3.8, 4) is 5.75 Å². The van der Waals surface area contributed by atoms with Gasteiger partial charge in [0.1, 0.15) is 5.75 Å². The molecule has 0 heterocycles. The molecule has 0 bridgehead atoms. The van der Waals surface area contributed by atoms with Gasteiger partial charge >= 0.3 is 6.03 Å². The summed E-state index contributed by atoms with van der Waals surface area (Å²) in [6.45, 7) is 1.50. The molecule has 3 rings (SSSR count). The number of amides is 2. The van der Waals surface area contributed by atoms with Crippen LogP contribution in [0.2, 0.25) is 0 Å². The van der Waals surface area contributed by atoms with E-state index in [1.807, 2.05) is 72.8 Å². The molecular weight excluding hydrogens is 444 g/mol. The zero-order chi connectivity index (χ0) is 21.3. The second-order valence-electron chi connectivity index (χ2n) is 6.95. The minimum atomic E-state index is -0.158. The minimum absolute atomic E-state index is 0.158. The van der Waals surface area contributed by atoms with Gasteiger partial charge < -0.3 is 19.7 Å². The summed E-state index contributed by atoms with van der Waals surface area (Å²) in [5, 5.41) is 2.94. The van der Waals surface area contributed by atoms with Gasteiger partial charge in [0.15, 0.2) is 0 Å². The van der Waals surface area contributed by atoms with Crippen molar-refractivity contribution >= 4 is 27.6 Å². The van der Waals surface area contributed by atoms with Gasteiger partial charge in [-0.1, -0.05) is 52.3 Å². The fourth-order valence-electron chi connectivity index (χ4n) is 2.90. The Morgan fingerprint density at radius 1 is 0.933 bits per heavy atom. The molecule has 0 atom stereocenters. The zero-order valence-corrected chi connectivity index (χ0v) is 18.7. The molecule has 0 spiro atoms. The number of hydrogen-bond donors (Lipinski definition) is 1. The van der Waals surface area contributed by atoms with Crippen LogP contribution in [-0.2, 0) is 24.5 Å². The van der Waals surface area contributed by atoms with Gasteiger partial charge in [0.2, 0.25) is 0 Å². The van der Waals surface area contributed by atoms with E-state index in [9.17, 15) is 4.79 Å². The quantitative estimate of drug-likeness (QED) is 0.451. The average molecular weight is 469 g/mol. The molecule has 156 valence electrons. The number of hydrogen-bond acceptors (Lipinski definition) is 3. The first-order chi connectivity index (χ1) is 14.5. The second-order valence-corrected chi connectivity index (χ2v) is 7.87. The van der Waals surface area contributed by atoms with Crippen LogP contribution in [-0.4, -0.2) is 25.1 Å². The predicted molar refractivity (Wildman–Crippen MR) is 123 cm³/mol. The molecule has 30 heavy (non-hydrogen) atoms. The van der Waals surface area contributed by atoms with Crippen molar-refractivity contribution in [2.45, 2.75) is 19.8 Å². The third-order valence-corrected chi connectivity index (χ3v) is 5.08. The number of ether oxygens (including phenoxy) is 2. The third-order valence-electron chi connectivity index (χ3n) is 4.55. The molecule has 0 saturated carbocycles. The highest BCUT2D eigenvalue weighted by atomic mass is 79.9. The molecule has 3 aromatic carbocycles. The van der Waals surface area contributed by atoms with Gasteiger partial charge in [-0.3, -0.25) is 0 Å². The van der Waals surface area contributed by atoms with Gasteiger partial charge in [0.05, 0.1) is 20.3 Å². The largest absolute Gasteiger partial charge is 0.497 e. The molecule has 5 nitrogen and oxygen atoms in total. The molecular formula is C24H25BrN2O3. The molecule has 0 aliphatic carbocycles. The van der Waals surface area contributed by atoms with Crippen molar-refractivity contribution in [3.05, 3.63) is 94.0 Å². The average Bonchev–Trinajstić information content (AvgIpc) is 2.76. The Balaban J connectivity index is 1.50. The number of anilines is 1. The van der Waals surface area contributed by atoms with Gasteiger partial charge in [-0.05, 0) is 53.1 Å². The summed E-state index contributed by atoms with van der Waals surface area (Å²) in [7, 11) is 3.43. The summed E-state index contributed by atoms with van der Waals surface area (Å²) in [6, 6.07) is 23.3. The molecule has 0 unspecified atom stereocenters. The van der Waals surface area contributed by atoms with E-state index >= 15 is 0 Å². The van der Waals surface area contributed by atoms with Crippen molar-refractivity contribution < 1.29 is 14.3 Å². The van der Waals surface area contributed by atoms with Crippen LogP contribution in [0.1, 0.15) is 16.7 Å². The summed E-state index contributed by atoms with van der Waals surface area (Å²) in [4.78, 5) is 14.2. The lowest BCUT2D eigenvalue weighted by atomic mass is 10.2. The highest BCUT2D eigenvalue weighted by molar-refractivity contribution is 9.10. The van der Waals surface area contributed by atoms with E-state index < -0.39 is 0 Å². The van der Waals surface area contributed by atoms with Gasteiger partial charge in [-0.25, -0.2) is 4.79 Å². The SMILES string of the molecule is COc1ccc(COCc2cccc(NC(=O)N(C)Cc3ccc(Br)cc3)c2)cc1. The molecule has 2 amide bonds. The van der Waals surface area contributed by atoms with Gasteiger partial charge in [0, 0.05) is 23.8 Å². The van der Waals surface area contributed by atoms with Crippen LogP contribution in [0.25, 0.3) is 0 Å². The van der Waals surface area contributed by atoms with E-state index in [1.165, 1.54) is 0 Å². The summed E-state index contributed by atoms with van der Waals surface area (Å²) in [5.74, 6) is 0.826. The first kappa shape index (κ1) is 21.9. The van der Waals surface area contributed by atoms with Crippen molar-refractivity contribution in [3.63, 3.8) is 0 Å². The Hall–Kier alpha value is -2.83. The monoisotopic (exact) mass is 468 g/mol. The maximum absolute atomic E-state index is 12.5.